The first-order valence-electron chi connectivity index (χ1n) is 12.5. The Morgan fingerprint density at radius 2 is 1.69 bits per heavy atom. The fraction of sp³-hybridized carbons (Fsp3) is 0.407. The highest BCUT2D eigenvalue weighted by Crippen LogP contribution is 2.24. The van der Waals surface area contributed by atoms with Gasteiger partial charge in [0.25, 0.3) is 5.56 Å². The SMILES string of the molecule is CCCc1cnc(N2CCC(Oc3ccn(-c4ccc(N5CCCC5=O)cc4)c(=O)c3)CC2)nc1. The summed E-state index contributed by atoms with van der Waals surface area (Å²) in [5, 5.41) is 0. The van der Waals surface area contributed by atoms with Crippen LogP contribution < -0.4 is 20.1 Å². The van der Waals surface area contributed by atoms with Crippen LogP contribution in [0.2, 0.25) is 0 Å². The fourth-order valence-electron chi connectivity index (χ4n) is 4.76. The Bertz CT molecular complexity index is 1210. The molecule has 0 spiro atoms. The highest BCUT2D eigenvalue weighted by atomic mass is 16.5. The third-order valence-corrected chi connectivity index (χ3v) is 6.66. The molecule has 2 saturated heterocycles. The van der Waals surface area contributed by atoms with Gasteiger partial charge >= 0.3 is 0 Å². The Hall–Kier alpha value is -3.68. The van der Waals surface area contributed by atoms with E-state index in [2.05, 4.69) is 21.8 Å². The molecule has 0 bridgehead atoms. The van der Waals surface area contributed by atoms with Gasteiger partial charge in [0.1, 0.15) is 11.9 Å². The largest absolute Gasteiger partial charge is 0.490 e. The number of aromatic nitrogens is 3. The molecule has 0 N–H and O–H groups in total. The molecule has 0 atom stereocenters. The molecule has 1 amide bonds. The predicted octanol–water partition coefficient (Wildman–Crippen LogP) is 3.75. The second kappa shape index (κ2) is 10.3. The van der Waals surface area contributed by atoms with Gasteiger partial charge in [0.2, 0.25) is 11.9 Å². The van der Waals surface area contributed by atoms with Crippen molar-refractivity contribution in [1.82, 2.24) is 14.5 Å². The molecule has 1 aromatic carbocycles. The summed E-state index contributed by atoms with van der Waals surface area (Å²) in [6.07, 6.45) is 10.9. The van der Waals surface area contributed by atoms with Crippen molar-refractivity contribution < 1.29 is 9.53 Å². The van der Waals surface area contributed by atoms with Crippen LogP contribution >= 0.6 is 0 Å². The molecular weight excluding hydrogens is 442 g/mol. The van der Waals surface area contributed by atoms with Gasteiger partial charge in [-0.15, -0.1) is 0 Å². The standard InChI is InChI=1S/C27H31N5O3/c1-2-4-20-18-28-27(29-19-20)30-14-10-23(11-15-30)35-24-12-16-32(26(34)17-24)22-8-6-21(7-9-22)31-13-3-5-25(31)33/h6-9,12,16-19,23H,2-5,10-11,13-15H2,1H3. The van der Waals surface area contributed by atoms with Crippen molar-refractivity contribution in [3.63, 3.8) is 0 Å². The molecule has 5 rings (SSSR count). The molecule has 0 aliphatic carbocycles. The molecule has 8 heteroatoms. The van der Waals surface area contributed by atoms with E-state index in [1.165, 1.54) is 5.56 Å². The molecule has 2 aliphatic rings. The summed E-state index contributed by atoms with van der Waals surface area (Å²) in [4.78, 5) is 37.8. The lowest BCUT2D eigenvalue weighted by molar-refractivity contribution is -0.117. The van der Waals surface area contributed by atoms with Gasteiger partial charge < -0.3 is 14.5 Å². The zero-order valence-corrected chi connectivity index (χ0v) is 20.1. The van der Waals surface area contributed by atoms with Crippen molar-refractivity contribution >= 4 is 17.5 Å². The van der Waals surface area contributed by atoms with Gasteiger partial charge in [-0.1, -0.05) is 13.3 Å². The Morgan fingerprint density at radius 1 is 0.971 bits per heavy atom. The van der Waals surface area contributed by atoms with Gasteiger partial charge in [0.15, 0.2) is 0 Å². The number of benzene rings is 1. The van der Waals surface area contributed by atoms with Crippen LogP contribution in [0.25, 0.3) is 5.69 Å². The number of anilines is 2. The maximum Gasteiger partial charge on any atom is 0.258 e. The van der Waals surface area contributed by atoms with E-state index in [1.807, 2.05) is 42.7 Å². The normalized spacial score (nSPS) is 16.7. The van der Waals surface area contributed by atoms with Gasteiger partial charge in [0.05, 0.1) is 0 Å². The average molecular weight is 474 g/mol. The molecule has 2 aromatic heterocycles. The molecule has 35 heavy (non-hydrogen) atoms. The minimum atomic E-state index is -0.148. The summed E-state index contributed by atoms with van der Waals surface area (Å²) in [7, 11) is 0. The molecule has 8 nitrogen and oxygen atoms in total. The number of carbonyl (C=O) groups excluding carboxylic acids is 1. The molecule has 0 saturated carbocycles. The number of ether oxygens (including phenoxy) is 1. The molecule has 3 aromatic rings. The maximum atomic E-state index is 12.8. The summed E-state index contributed by atoms with van der Waals surface area (Å²) in [6, 6.07) is 10.9. The topological polar surface area (TPSA) is 80.6 Å². The number of pyridine rings is 1. The molecule has 2 fully saturated rings. The van der Waals surface area contributed by atoms with E-state index in [-0.39, 0.29) is 17.6 Å². The average Bonchev–Trinajstić information content (AvgIpc) is 3.31. The van der Waals surface area contributed by atoms with E-state index >= 15 is 0 Å². The zero-order chi connectivity index (χ0) is 24.2. The van der Waals surface area contributed by atoms with Gasteiger partial charge in [0, 0.05) is 74.9 Å². The van der Waals surface area contributed by atoms with E-state index in [0.717, 1.165) is 69.1 Å². The van der Waals surface area contributed by atoms with Crippen molar-refractivity contribution in [3.8, 4) is 11.4 Å². The van der Waals surface area contributed by atoms with Crippen molar-refractivity contribution in [2.75, 3.05) is 29.4 Å². The van der Waals surface area contributed by atoms with E-state index in [4.69, 9.17) is 4.74 Å². The monoisotopic (exact) mass is 473 g/mol. The number of nitrogens with zero attached hydrogens (tertiary/aromatic N) is 5. The first kappa shape index (κ1) is 23.1. The van der Waals surface area contributed by atoms with Crippen molar-refractivity contribution in [2.45, 2.75) is 51.6 Å². The summed E-state index contributed by atoms with van der Waals surface area (Å²) < 4.78 is 7.72. The van der Waals surface area contributed by atoms with Crippen LogP contribution in [0.3, 0.4) is 0 Å². The van der Waals surface area contributed by atoms with Crippen molar-refractivity contribution in [1.29, 1.82) is 0 Å². The van der Waals surface area contributed by atoms with Gasteiger partial charge in [-0.3, -0.25) is 14.2 Å². The number of rotatable bonds is 7. The summed E-state index contributed by atoms with van der Waals surface area (Å²) in [5.41, 5.74) is 2.65. The smallest absolute Gasteiger partial charge is 0.258 e. The van der Waals surface area contributed by atoms with Gasteiger partial charge in [-0.25, -0.2) is 9.97 Å². The molecule has 0 radical (unpaired) electrons. The number of aryl methyl sites for hydroxylation is 1. The lowest BCUT2D eigenvalue weighted by Crippen LogP contribution is -2.39. The highest BCUT2D eigenvalue weighted by Gasteiger charge is 2.23. The van der Waals surface area contributed by atoms with Crippen LogP contribution in [0.4, 0.5) is 11.6 Å². The van der Waals surface area contributed by atoms with Crippen LogP contribution in [0.1, 0.15) is 44.6 Å². The zero-order valence-electron chi connectivity index (χ0n) is 20.1. The number of carbonyl (C=O) groups is 1. The number of piperidine rings is 1. The minimum Gasteiger partial charge on any atom is -0.490 e. The number of hydrogen-bond acceptors (Lipinski definition) is 6. The molecule has 182 valence electrons. The molecule has 4 heterocycles. The Morgan fingerprint density at radius 3 is 2.31 bits per heavy atom. The van der Waals surface area contributed by atoms with Crippen LogP contribution in [0.5, 0.6) is 5.75 Å². The van der Waals surface area contributed by atoms with Crippen molar-refractivity contribution in [2.24, 2.45) is 0 Å². The Balaban J connectivity index is 1.18. The van der Waals surface area contributed by atoms with E-state index in [9.17, 15) is 9.59 Å². The maximum absolute atomic E-state index is 12.8. The lowest BCUT2D eigenvalue weighted by atomic mass is 10.1. The van der Waals surface area contributed by atoms with E-state index in [0.29, 0.717) is 12.2 Å². The fourth-order valence-corrected chi connectivity index (χ4v) is 4.76. The first-order valence-corrected chi connectivity index (χ1v) is 12.5. The van der Waals surface area contributed by atoms with Crippen LogP contribution in [-0.2, 0) is 11.2 Å². The highest BCUT2D eigenvalue weighted by molar-refractivity contribution is 5.95. The Kier molecular flexibility index (Phi) is 6.79. The molecular formula is C27H31N5O3. The van der Waals surface area contributed by atoms with Crippen molar-refractivity contribution in [3.05, 3.63) is 70.9 Å². The minimum absolute atomic E-state index is 0.0538. The number of hydrogen-bond donors (Lipinski definition) is 0. The predicted molar refractivity (Wildman–Crippen MR) is 136 cm³/mol. The summed E-state index contributed by atoms with van der Waals surface area (Å²) in [6.45, 7) is 4.54. The van der Waals surface area contributed by atoms with E-state index in [1.54, 1.807) is 21.7 Å². The quantitative estimate of drug-likeness (QED) is 0.520. The second-order valence-corrected chi connectivity index (χ2v) is 9.18. The Labute approximate surface area is 205 Å². The van der Waals surface area contributed by atoms with E-state index < -0.39 is 0 Å². The van der Waals surface area contributed by atoms with Gasteiger partial charge in [-0.05, 0) is 48.7 Å². The van der Waals surface area contributed by atoms with Gasteiger partial charge in [-0.2, -0.15) is 0 Å². The second-order valence-electron chi connectivity index (χ2n) is 9.18. The van der Waals surface area contributed by atoms with Crippen LogP contribution in [0.15, 0.2) is 59.8 Å². The third-order valence-electron chi connectivity index (χ3n) is 6.66. The summed E-state index contributed by atoms with van der Waals surface area (Å²) in [5.74, 6) is 1.51. The molecule has 2 aliphatic heterocycles. The van der Waals surface area contributed by atoms with Crippen LogP contribution in [-0.4, -0.2) is 46.2 Å². The number of amides is 1. The van der Waals surface area contributed by atoms with Crippen LogP contribution in [0, 0.1) is 0 Å². The lowest BCUT2D eigenvalue weighted by Gasteiger charge is -2.32. The summed E-state index contributed by atoms with van der Waals surface area (Å²) >= 11 is 0. The first-order chi connectivity index (χ1) is 17.1. The third kappa shape index (κ3) is 5.21. The molecule has 0 unspecified atom stereocenters.